The fourth-order valence-corrected chi connectivity index (χ4v) is 5.05. The van der Waals surface area contributed by atoms with E-state index in [4.69, 9.17) is 0 Å². The maximum Gasteiger partial charge on any atom is 0.403 e. The van der Waals surface area contributed by atoms with Crippen molar-refractivity contribution in [3.05, 3.63) is 74.8 Å². The number of hydrogen-bond donors (Lipinski definition) is 1. The number of nitrogens with zero attached hydrogens (tertiary/aromatic N) is 5. The van der Waals surface area contributed by atoms with Crippen molar-refractivity contribution in [2.45, 2.75) is 32.0 Å². The molecular weight excluding hydrogens is 582 g/mol. The first kappa shape index (κ1) is 23.6. The first-order valence-electron chi connectivity index (χ1n) is 10.3. The van der Waals surface area contributed by atoms with E-state index in [2.05, 4.69) is 31.9 Å². The molecule has 6 nitrogen and oxygen atoms in total. The standard InChI is InChI=1S/C23H16F5IN6/c1-10-15(25)8-13-17(34-35(21(13)30-10)9-12-6-4-5-7-14(12)24)20-32-18(29)16-19(33-20)31-11(2)22(16,3)23(26,27)28/h4-8H,2,9H2,1,3H3,(H,31,32,33). The molecule has 1 unspecified atom stereocenters. The minimum Gasteiger partial charge on any atom is -0.343 e. The second kappa shape index (κ2) is 7.93. The summed E-state index contributed by atoms with van der Waals surface area (Å²) in [5.74, 6) is -1.13. The molecule has 0 bridgehead atoms. The number of benzene rings is 1. The molecule has 0 fully saturated rings. The van der Waals surface area contributed by atoms with Crippen LogP contribution in [0.4, 0.5) is 27.8 Å². The van der Waals surface area contributed by atoms with Crippen LogP contribution in [0.5, 0.6) is 0 Å². The zero-order valence-electron chi connectivity index (χ0n) is 18.3. The summed E-state index contributed by atoms with van der Waals surface area (Å²) < 4.78 is 72.1. The number of hydrogen-bond acceptors (Lipinski definition) is 5. The summed E-state index contributed by atoms with van der Waals surface area (Å²) in [4.78, 5) is 12.9. The van der Waals surface area contributed by atoms with Crippen molar-refractivity contribution in [1.82, 2.24) is 24.7 Å². The van der Waals surface area contributed by atoms with Crippen LogP contribution in [0.2, 0.25) is 0 Å². The zero-order chi connectivity index (χ0) is 25.3. The van der Waals surface area contributed by atoms with Gasteiger partial charge in [0, 0.05) is 16.8 Å². The van der Waals surface area contributed by atoms with Gasteiger partial charge in [0.2, 0.25) is 0 Å². The number of anilines is 1. The number of alkyl halides is 3. The van der Waals surface area contributed by atoms with Gasteiger partial charge in [-0.15, -0.1) is 0 Å². The highest BCUT2D eigenvalue weighted by molar-refractivity contribution is 14.1. The molecule has 12 heteroatoms. The third-order valence-electron chi connectivity index (χ3n) is 6.15. The number of fused-ring (bicyclic) bond motifs is 2. The summed E-state index contributed by atoms with van der Waals surface area (Å²) >= 11 is 1.71. The second-order valence-corrected chi connectivity index (χ2v) is 9.33. The van der Waals surface area contributed by atoms with Crippen LogP contribution < -0.4 is 5.32 Å². The molecule has 35 heavy (non-hydrogen) atoms. The molecule has 1 aliphatic rings. The van der Waals surface area contributed by atoms with Gasteiger partial charge >= 0.3 is 6.18 Å². The molecule has 3 aromatic heterocycles. The third-order valence-corrected chi connectivity index (χ3v) is 6.93. The molecule has 0 amide bonds. The van der Waals surface area contributed by atoms with Gasteiger partial charge in [0.25, 0.3) is 0 Å². The van der Waals surface area contributed by atoms with E-state index in [1.807, 2.05) is 0 Å². The van der Waals surface area contributed by atoms with Crippen LogP contribution in [0.3, 0.4) is 0 Å². The normalized spacial score (nSPS) is 17.7. The predicted molar refractivity (Wildman–Crippen MR) is 128 cm³/mol. The van der Waals surface area contributed by atoms with Crippen molar-refractivity contribution in [3.8, 4) is 11.5 Å². The van der Waals surface area contributed by atoms with Crippen LogP contribution in [0.1, 0.15) is 23.7 Å². The molecule has 0 saturated heterocycles. The maximum atomic E-state index is 14.5. The molecule has 1 atom stereocenters. The van der Waals surface area contributed by atoms with E-state index in [0.29, 0.717) is 5.56 Å². The van der Waals surface area contributed by atoms with Crippen LogP contribution in [0.15, 0.2) is 42.6 Å². The Morgan fingerprint density at radius 3 is 2.51 bits per heavy atom. The van der Waals surface area contributed by atoms with Gasteiger partial charge in [-0.1, -0.05) is 24.8 Å². The zero-order valence-corrected chi connectivity index (χ0v) is 20.5. The Hall–Kier alpha value is -3.16. The summed E-state index contributed by atoms with van der Waals surface area (Å²) in [6.45, 7) is 6.03. The van der Waals surface area contributed by atoms with Gasteiger partial charge in [0.15, 0.2) is 11.5 Å². The van der Waals surface area contributed by atoms with Crippen molar-refractivity contribution in [2.75, 3.05) is 5.32 Å². The molecule has 0 radical (unpaired) electrons. The van der Waals surface area contributed by atoms with Crippen LogP contribution in [0.25, 0.3) is 22.6 Å². The highest BCUT2D eigenvalue weighted by Gasteiger charge is 2.60. The third kappa shape index (κ3) is 3.56. The lowest BCUT2D eigenvalue weighted by atomic mass is 9.83. The van der Waals surface area contributed by atoms with Crippen molar-refractivity contribution in [3.63, 3.8) is 0 Å². The molecule has 4 heterocycles. The quantitative estimate of drug-likeness (QED) is 0.181. The number of aromatic nitrogens is 5. The van der Waals surface area contributed by atoms with Crippen molar-refractivity contribution in [1.29, 1.82) is 0 Å². The minimum atomic E-state index is -4.63. The lowest BCUT2D eigenvalue weighted by Gasteiger charge is -2.28. The monoisotopic (exact) mass is 598 g/mol. The van der Waals surface area contributed by atoms with E-state index >= 15 is 0 Å². The number of halogens is 6. The van der Waals surface area contributed by atoms with Gasteiger partial charge in [-0.2, -0.15) is 18.3 Å². The van der Waals surface area contributed by atoms with Crippen LogP contribution in [0, 0.1) is 22.3 Å². The fraction of sp³-hybridized carbons (Fsp3) is 0.217. The molecule has 180 valence electrons. The van der Waals surface area contributed by atoms with Crippen LogP contribution in [-0.4, -0.2) is 30.9 Å². The topological polar surface area (TPSA) is 68.5 Å². The Morgan fingerprint density at radius 1 is 1.11 bits per heavy atom. The lowest BCUT2D eigenvalue weighted by Crippen LogP contribution is -2.40. The van der Waals surface area contributed by atoms with Crippen LogP contribution in [-0.2, 0) is 12.0 Å². The molecule has 0 aliphatic carbocycles. The Bertz CT molecular complexity index is 1530. The van der Waals surface area contributed by atoms with Gasteiger partial charge in [0.05, 0.1) is 17.6 Å². The molecule has 0 spiro atoms. The van der Waals surface area contributed by atoms with Crippen molar-refractivity contribution < 1.29 is 22.0 Å². The van der Waals surface area contributed by atoms with Gasteiger partial charge in [-0.25, -0.2) is 28.4 Å². The molecule has 1 N–H and O–H groups in total. The van der Waals surface area contributed by atoms with Crippen molar-refractivity contribution >= 4 is 39.4 Å². The van der Waals surface area contributed by atoms with E-state index in [0.717, 1.165) is 6.92 Å². The van der Waals surface area contributed by atoms with E-state index < -0.39 is 23.2 Å². The lowest BCUT2D eigenvalue weighted by molar-refractivity contribution is -0.172. The molecule has 1 aliphatic heterocycles. The number of nitrogens with one attached hydrogen (secondary N) is 1. The predicted octanol–water partition coefficient (Wildman–Crippen LogP) is 5.89. The van der Waals surface area contributed by atoms with Gasteiger partial charge in [0.1, 0.15) is 32.3 Å². The average Bonchev–Trinajstić information content (AvgIpc) is 3.25. The minimum absolute atomic E-state index is 0.00945. The smallest absolute Gasteiger partial charge is 0.343 e. The van der Waals surface area contributed by atoms with E-state index in [-0.39, 0.29) is 55.6 Å². The number of pyridine rings is 1. The SMILES string of the molecule is C=C1Nc2nc(-c3nn(Cc4ccccc4F)c4nc(C)c(F)cc34)nc(I)c2C1(C)C(F)(F)F. The first-order valence-corrected chi connectivity index (χ1v) is 11.4. The summed E-state index contributed by atoms with van der Waals surface area (Å²) in [7, 11) is 0. The van der Waals surface area contributed by atoms with Crippen LogP contribution >= 0.6 is 22.6 Å². The number of allylic oxidation sites excluding steroid dienone is 1. The molecular formula is C23H16F5IN6. The Labute approximate surface area is 209 Å². The highest BCUT2D eigenvalue weighted by Crippen LogP contribution is 2.53. The maximum absolute atomic E-state index is 14.5. The van der Waals surface area contributed by atoms with E-state index in [9.17, 15) is 22.0 Å². The molecule has 0 saturated carbocycles. The van der Waals surface area contributed by atoms with Crippen molar-refractivity contribution in [2.24, 2.45) is 0 Å². The average molecular weight is 598 g/mol. The summed E-state index contributed by atoms with van der Waals surface area (Å²) in [6.07, 6.45) is -4.63. The summed E-state index contributed by atoms with van der Waals surface area (Å²) in [5, 5.41) is 7.34. The van der Waals surface area contributed by atoms with Gasteiger partial charge < -0.3 is 5.32 Å². The summed E-state index contributed by atoms with van der Waals surface area (Å²) in [5.41, 5.74) is -1.99. The van der Waals surface area contributed by atoms with Gasteiger partial charge in [-0.05, 0) is 48.6 Å². The Kier molecular flexibility index (Phi) is 5.34. The Morgan fingerprint density at radius 2 is 1.83 bits per heavy atom. The first-order chi connectivity index (χ1) is 16.4. The van der Waals surface area contributed by atoms with Gasteiger partial charge in [-0.3, -0.25) is 0 Å². The fourth-order valence-electron chi connectivity index (χ4n) is 4.03. The molecule has 4 aromatic rings. The number of rotatable bonds is 3. The summed E-state index contributed by atoms with van der Waals surface area (Å²) in [6, 6.07) is 7.34. The molecule has 5 rings (SSSR count). The highest BCUT2D eigenvalue weighted by atomic mass is 127. The van der Waals surface area contributed by atoms with E-state index in [1.54, 1.807) is 40.8 Å². The Balaban J connectivity index is 1.71. The molecule has 1 aromatic carbocycles. The van der Waals surface area contributed by atoms with E-state index in [1.165, 1.54) is 23.7 Å². The number of aryl methyl sites for hydroxylation is 1. The second-order valence-electron chi connectivity index (χ2n) is 8.31. The largest absolute Gasteiger partial charge is 0.403 e.